The molecule has 1 N–H and O–H groups in total. The lowest BCUT2D eigenvalue weighted by Crippen LogP contribution is -2.14. The van der Waals surface area contributed by atoms with Gasteiger partial charge in [-0.25, -0.2) is 0 Å². The molecule has 6 nitrogen and oxygen atoms in total. The van der Waals surface area contributed by atoms with Crippen LogP contribution in [0.5, 0.6) is 5.75 Å². The van der Waals surface area contributed by atoms with Crippen LogP contribution >= 0.6 is 11.6 Å². The fraction of sp³-hybridized carbons (Fsp3) is 0.125. The molecular formula is C24H20ClN3O3. The van der Waals surface area contributed by atoms with Crippen LogP contribution in [0.4, 0.5) is 5.88 Å². The van der Waals surface area contributed by atoms with Crippen LogP contribution in [0, 0.1) is 0 Å². The van der Waals surface area contributed by atoms with Crippen molar-refractivity contribution in [2.75, 3.05) is 11.9 Å². The maximum atomic E-state index is 12.7. The van der Waals surface area contributed by atoms with E-state index >= 15 is 0 Å². The molecule has 2 aromatic heterocycles. The number of anilines is 1. The van der Waals surface area contributed by atoms with Crippen LogP contribution in [-0.2, 0) is 11.2 Å². The van der Waals surface area contributed by atoms with Crippen molar-refractivity contribution in [3.05, 3.63) is 83.6 Å². The maximum absolute atomic E-state index is 12.7. The number of rotatable bonds is 7. The van der Waals surface area contributed by atoms with Crippen LogP contribution in [0.1, 0.15) is 12.5 Å². The van der Waals surface area contributed by atoms with Crippen molar-refractivity contribution in [1.82, 2.24) is 10.1 Å². The molecule has 0 spiro atoms. The largest absolute Gasteiger partial charge is 0.494 e. The number of amides is 1. The molecule has 0 bridgehead atoms. The van der Waals surface area contributed by atoms with E-state index in [4.69, 9.17) is 20.9 Å². The number of halogens is 1. The number of benzene rings is 2. The van der Waals surface area contributed by atoms with E-state index in [1.807, 2.05) is 61.5 Å². The molecule has 2 aromatic carbocycles. The van der Waals surface area contributed by atoms with Gasteiger partial charge in [-0.1, -0.05) is 35.0 Å². The van der Waals surface area contributed by atoms with Gasteiger partial charge in [0.1, 0.15) is 11.4 Å². The van der Waals surface area contributed by atoms with E-state index in [1.165, 1.54) is 0 Å². The lowest BCUT2D eigenvalue weighted by molar-refractivity contribution is -0.115. The summed E-state index contributed by atoms with van der Waals surface area (Å²) in [6.45, 7) is 2.53. The molecule has 0 atom stereocenters. The zero-order valence-corrected chi connectivity index (χ0v) is 17.6. The average Bonchev–Trinajstić information content (AvgIpc) is 3.20. The standard InChI is InChI=1S/C24H20ClN3O3/c1-2-30-19-9-7-17(8-10-19)23-22(16-11-13-26-14-12-16)24(31-28-23)27-21(29)15-18-5-3-4-6-20(18)25/h3-14H,2,15H2,1H3,(H,27,29). The first kappa shape index (κ1) is 20.6. The van der Waals surface area contributed by atoms with Gasteiger partial charge in [0.15, 0.2) is 0 Å². The highest BCUT2D eigenvalue weighted by Gasteiger charge is 2.21. The Morgan fingerprint density at radius 1 is 1.03 bits per heavy atom. The molecule has 156 valence electrons. The highest BCUT2D eigenvalue weighted by molar-refractivity contribution is 6.31. The highest BCUT2D eigenvalue weighted by Crippen LogP contribution is 2.38. The number of carbonyl (C=O) groups excluding carboxylic acids is 1. The van der Waals surface area contributed by atoms with E-state index < -0.39 is 0 Å². The van der Waals surface area contributed by atoms with Gasteiger partial charge in [-0.2, -0.15) is 0 Å². The molecule has 0 aliphatic heterocycles. The molecule has 0 unspecified atom stereocenters. The molecular weight excluding hydrogens is 414 g/mol. The molecule has 0 saturated heterocycles. The van der Waals surface area contributed by atoms with Crippen molar-refractivity contribution >= 4 is 23.4 Å². The summed E-state index contributed by atoms with van der Waals surface area (Å²) in [5.41, 5.74) is 3.69. The highest BCUT2D eigenvalue weighted by atomic mass is 35.5. The molecule has 0 fully saturated rings. The molecule has 0 radical (unpaired) electrons. The molecule has 1 amide bonds. The van der Waals surface area contributed by atoms with Crippen LogP contribution in [0.25, 0.3) is 22.4 Å². The molecule has 7 heteroatoms. The molecule has 4 aromatic rings. The van der Waals surface area contributed by atoms with Gasteiger partial charge >= 0.3 is 0 Å². The summed E-state index contributed by atoms with van der Waals surface area (Å²) in [5, 5.41) is 7.62. The Labute approximate surface area is 184 Å². The molecule has 4 rings (SSSR count). The number of nitrogens with one attached hydrogen (secondary N) is 1. The minimum Gasteiger partial charge on any atom is -0.494 e. The Morgan fingerprint density at radius 2 is 1.77 bits per heavy atom. The third kappa shape index (κ3) is 4.75. The van der Waals surface area contributed by atoms with Crippen LogP contribution in [0.2, 0.25) is 5.02 Å². The SMILES string of the molecule is CCOc1ccc(-c2noc(NC(=O)Cc3ccccc3Cl)c2-c2ccncc2)cc1. The third-order valence-electron chi connectivity index (χ3n) is 4.66. The van der Waals surface area contributed by atoms with E-state index in [0.29, 0.717) is 22.9 Å². The van der Waals surface area contributed by atoms with Crippen LogP contribution in [0.15, 0.2) is 77.6 Å². The second-order valence-electron chi connectivity index (χ2n) is 6.74. The lowest BCUT2D eigenvalue weighted by atomic mass is 10.0. The van der Waals surface area contributed by atoms with Gasteiger partial charge in [-0.3, -0.25) is 15.1 Å². The Morgan fingerprint density at radius 3 is 2.48 bits per heavy atom. The number of hydrogen-bond acceptors (Lipinski definition) is 5. The first-order chi connectivity index (χ1) is 15.2. The zero-order chi connectivity index (χ0) is 21.6. The molecule has 31 heavy (non-hydrogen) atoms. The summed E-state index contributed by atoms with van der Waals surface area (Å²) >= 11 is 6.18. The number of carbonyl (C=O) groups is 1. The normalized spacial score (nSPS) is 10.6. The topological polar surface area (TPSA) is 77.3 Å². The van der Waals surface area contributed by atoms with Gasteiger partial charge in [0, 0.05) is 23.0 Å². The molecule has 0 aliphatic rings. The first-order valence-corrected chi connectivity index (χ1v) is 10.2. The molecule has 2 heterocycles. The van der Waals surface area contributed by atoms with E-state index in [-0.39, 0.29) is 18.2 Å². The van der Waals surface area contributed by atoms with Crippen LogP contribution in [-0.4, -0.2) is 22.7 Å². The smallest absolute Gasteiger partial charge is 0.239 e. The maximum Gasteiger partial charge on any atom is 0.239 e. The van der Waals surface area contributed by atoms with Crippen molar-refractivity contribution in [2.24, 2.45) is 0 Å². The van der Waals surface area contributed by atoms with Crippen LogP contribution < -0.4 is 10.1 Å². The summed E-state index contributed by atoms with van der Waals surface area (Å²) < 4.78 is 11.1. The predicted octanol–water partition coefficient (Wildman–Crippen LogP) is 5.64. The van der Waals surface area contributed by atoms with E-state index in [9.17, 15) is 4.79 Å². The van der Waals surface area contributed by atoms with Gasteiger partial charge in [0.05, 0.1) is 18.6 Å². The number of ether oxygens (including phenoxy) is 1. The van der Waals surface area contributed by atoms with Crippen molar-refractivity contribution in [3.63, 3.8) is 0 Å². The number of pyridine rings is 1. The van der Waals surface area contributed by atoms with E-state index in [2.05, 4.69) is 15.5 Å². The fourth-order valence-electron chi connectivity index (χ4n) is 3.22. The Hall–Kier alpha value is -3.64. The second kappa shape index (κ2) is 9.45. The van der Waals surface area contributed by atoms with Gasteiger partial charge < -0.3 is 9.26 Å². The first-order valence-electron chi connectivity index (χ1n) is 9.82. The summed E-state index contributed by atoms with van der Waals surface area (Å²) in [5.74, 6) is 0.790. The summed E-state index contributed by atoms with van der Waals surface area (Å²) in [6, 6.07) is 18.5. The monoisotopic (exact) mass is 433 g/mol. The number of hydrogen-bond donors (Lipinski definition) is 1. The number of aromatic nitrogens is 2. The van der Waals surface area contributed by atoms with E-state index in [0.717, 1.165) is 22.4 Å². The van der Waals surface area contributed by atoms with Crippen molar-refractivity contribution in [3.8, 4) is 28.1 Å². The van der Waals surface area contributed by atoms with Gasteiger partial charge in [0.2, 0.25) is 11.8 Å². The average molecular weight is 434 g/mol. The van der Waals surface area contributed by atoms with Crippen molar-refractivity contribution in [2.45, 2.75) is 13.3 Å². The summed E-state index contributed by atoms with van der Waals surface area (Å²) in [4.78, 5) is 16.8. The fourth-order valence-corrected chi connectivity index (χ4v) is 3.42. The van der Waals surface area contributed by atoms with Crippen LogP contribution in [0.3, 0.4) is 0 Å². The molecule has 0 aliphatic carbocycles. The van der Waals surface area contributed by atoms with E-state index in [1.54, 1.807) is 18.5 Å². The third-order valence-corrected chi connectivity index (χ3v) is 5.03. The Bertz CT molecular complexity index is 1170. The minimum absolute atomic E-state index is 0.120. The van der Waals surface area contributed by atoms with Crippen molar-refractivity contribution < 1.29 is 14.1 Å². The summed E-state index contributed by atoms with van der Waals surface area (Å²) in [6.07, 6.45) is 3.48. The lowest BCUT2D eigenvalue weighted by Gasteiger charge is -2.08. The molecule has 0 saturated carbocycles. The summed E-state index contributed by atoms with van der Waals surface area (Å²) in [7, 11) is 0. The van der Waals surface area contributed by atoms with Gasteiger partial charge in [-0.05, 0) is 60.5 Å². The Balaban J connectivity index is 1.67. The predicted molar refractivity (Wildman–Crippen MR) is 120 cm³/mol. The van der Waals surface area contributed by atoms with Gasteiger partial charge in [0.25, 0.3) is 0 Å². The van der Waals surface area contributed by atoms with Crippen molar-refractivity contribution in [1.29, 1.82) is 0 Å². The second-order valence-corrected chi connectivity index (χ2v) is 7.15. The quantitative estimate of drug-likeness (QED) is 0.408. The van der Waals surface area contributed by atoms with Gasteiger partial charge in [-0.15, -0.1) is 0 Å². The number of nitrogens with zero attached hydrogens (tertiary/aromatic N) is 2. The zero-order valence-electron chi connectivity index (χ0n) is 16.8. The Kier molecular flexibility index (Phi) is 6.29. The minimum atomic E-state index is -0.252.